The third kappa shape index (κ3) is 3.61. The van der Waals surface area contributed by atoms with Crippen molar-refractivity contribution < 1.29 is 9.32 Å². The number of aromatic nitrogens is 1. The summed E-state index contributed by atoms with van der Waals surface area (Å²) < 4.78 is 5.04. The second-order valence-electron chi connectivity index (χ2n) is 4.93. The van der Waals surface area contributed by atoms with Crippen molar-refractivity contribution in [1.29, 1.82) is 0 Å². The standard InChI is InChI=1S/C15H20N4O2/c1-9-10(2)19-21-14(9)18-15(20)17-13-7-5-12(6-8-13)11(3)16-4/h5-8,11,16H,1-4H3,(H2,17,18,20). The molecule has 0 aliphatic rings. The Hall–Kier alpha value is -2.34. The number of aryl methyl sites for hydroxylation is 1. The summed E-state index contributed by atoms with van der Waals surface area (Å²) in [7, 11) is 1.91. The van der Waals surface area contributed by atoms with Crippen LogP contribution in [-0.4, -0.2) is 18.2 Å². The molecule has 3 N–H and O–H groups in total. The molecule has 0 saturated carbocycles. The molecule has 2 aromatic rings. The third-order valence-electron chi connectivity index (χ3n) is 3.49. The maximum Gasteiger partial charge on any atom is 0.326 e. The molecular weight excluding hydrogens is 268 g/mol. The number of urea groups is 1. The van der Waals surface area contributed by atoms with Gasteiger partial charge in [-0.2, -0.15) is 0 Å². The first-order valence-electron chi connectivity index (χ1n) is 6.79. The van der Waals surface area contributed by atoms with Crippen molar-refractivity contribution in [2.24, 2.45) is 0 Å². The van der Waals surface area contributed by atoms with E-state index in [-0.39, 0.29) is 12.1 Å². The van der Waals surface area contributed by atoms with Gasteiger partial charge in [0.1, 0.15) is 0 Å². The van der Waals surface area contributed by atoms with E-state index < -0.39 is 0 Å². The Morgan fingerprint density at radius 1 is 1.19 bits per heavy atom. The van der Waals surface area contributed by atoms with Crippen LogP contribution in [0.2, 0.25) is 0 Å². The van der Waals surface area contributed by atoms with E-state index in [0.29, 0.717) is 11.6 Å². The van der Waals surface area contributed by atoms with Crippen molar-refractivity contribution in [1.82, 2.24) is 10.5 Å². The summed E-state index contributed by atoms with van der Waals surface area (Å²) in [5.74, 6) is 0.366. The summed E-state index contributed by atoms with van der Waals surface area (Å²) in [4.78, 5) is 11.9. The van der Waals surface area contributed by atoms with Crippen LogP contribution in [0.3, 0.4) is 0 Å². The SMILES string of the molecule is CNC(C)c1ccc(NC(=O)Nc2onc(C)c2C)cc1. The Morgan fingerprint density at radius 3 is 2.38 bits per heavy atom. The van der Waals surface area contributed by atoms with Gasteiger partial charge in [0.05, 0.1) is 5.69 Å². The highest BCUT2D eigenvalue weighted by Crippen LogP contribution is 2.19. The Kier molecular flexibility index (Phi) is 4.59. The van der Waals surface area contributed by atoms with Crippen LogP contribution in [0.1, 0.15) is 29.8 Å². The van der Waals surface area contributed by atoms with Crippen molar-refractivity contribution in [2.75, 3.05) is 17.7 Å². The second-order valence-corrected chi connectivity index (χ2v) is 4.93. The molecule has 112 valence electrons. The number of benzene rings is 1. The van der Waals surface area contributed by atoms with Crippen LogP contribution in [0.25, 0.3) is 0 Å². The Morgan fingerprint density at radius 2 is 1.86 bits per heavy atom. The highest BCUT2D eigenvalue weighted by Gasteiger charge is 2.11. The molecule has 2 rings (SSSR count). The van der Waals surface area contributed by atoms with Crippen LogP contribution in [-0.2, 0) is 0 Å². The van der Waals surface area contributed by atoms with Crippen LogP contribution in [0, 0.1) is 13.8 Å². The van der Waals surface area contributed by atoms with Gasteiger partial charge in [0.25, 0.3) is 0 Å². The Balaban J connectivity index is 1.98. The minimum absolute atomic E-state index is 0.271. The van der Waals surface area contributed by atoms with Crippen LogP contribution in [0.4, 0.5) is 16.4 Å². The lowest BCUT2D eigenvalue weighted by atomic mass is 10.1. The zero-order valence-electron chi connectivity index (χ0n) is 12.7. The van der Waals surface area contributed by atoms with E-state index in [9.17, 15) is 4.79 Å². The van der Waals surface area contributed by atoms with E-state index in [4.69, 9.17) is 4.52 Å². The fourth-order valence-corrected chi connectivity index (χ4v) is 1.82. The average Bonchev–Trinajstić information content (AvgIpc) is 2.79. The lowest BCUT2D eigenvalue weighted by Crippen LogP contribution is -2.19. The zero-order valence-corrected chi connectivity index (χ0v) is 12.7. The molecule has 21 heavy (non-hydrogen) atoms. The first-order valence-corrected chi connectivity index (χ1v) is 6.79. The monoisotopic (exact) mass is 288 g/mol. The zero-order chi connectivity index (χ0) is 15.4. The van der Waals surface area contributed by atoms with Gasteiger partial charge < -0.3 is 15.2 Å². The average molecular weight is 288 g/mol. The fraction of sp³-hybridized carbons (Fsp3) is 0.333. The van der Waals surface area contributed by atoms with Gasteiger partial charge >= 0.3 is 6.03 Å². The number of carbonyl (C=O) groups is 1. The molecule has 0 saturated heterocycles. The summed E-state index contributed by atoms with van der Waals surface area (Å²) in [6.45, 7) is 5.74. The van der Waals surface area contributed by atoms with Crippen molar-refractivity contribution in [3.8, 4) is 0 Å². The first kappa shape index (κ1) is 15.1. The maximum atomic E-state index is 11.9. The number of hydrogen-bond acceptors (Lipinski definition) is 4. The van der Waals surface area contributed by atoms with Gasteiger partial charge in [0.2, 0.25) is 5.88 Å². The van der Waals surface area contributed by atoms with E-state index in [0.717, 1.165) is 16.8 Å². The lowest BCUT2D eigenvalue weighted by Gasteiger charge is -2.11. The molecule has 1 heterocycles. The highest BCUT2D eigenvalue weighted by molar-refractivity contribution is 5.99. The minimum atomic E-state index is -0.358. The Bertz CT molecular complexity index is 619. The van der Waals surface area contributed by atoms with Crippen molar-refractivity contribution in [3.05, 3.63) is 41.1 Å². The molecule has 0 fully saturated rings. The van der Waals surface area contributed by atoms with Crippen molar-refractivity contribution in [2.45, 2.75) is 26.8 Å². The summed E-state index contributed by atoms with van der Waals surface area (Å²) >= 11 is 0. The summed E-state index contributed by atoms with van der Waals surface area (Å²) in [6.07, 6.45) is 0. The molecule has 0 spiro atoms. The number of amides is 2. The number of rotatable bonds is 4. The molecule has 0 radical (unpaired) electrons. The fourth-order valence-electron chi connectivity index (χ4n) is 1.82. The normalized spacial score (nSPS) is 12.0. The minimum Gasteiger partial charge on any atom is -0.338 e. The lowest BCUT2D eigenvalue weighted by molar-refractivity contribution is 0.261. The summed E-state index contributed by atoms with van der Waals surface area (Å²) in [6, 6.07) is 7.58. The summed E-state index contributed by atoms with van der Waals surface area (Å²) in [5.41, 5.74) is 3.46. The van der Waals surface area contributed by atoms with Crippen molar-refractivity contribution in [3.63, 3.8) is 0 Å². The molecule has 2 amide bonds. The number of carbonyl (C=O) groups excluding carboxylic acids is 1. The molecule has 0 bridgehead atoms. The van der Waals surface area contributed by atoms with E-state index in [1.54, 1.807) is 0 Å². The topological polar surface area (TPSA) is 79.2 Å². The number of anilines is 2. The van der Waals surface area contributed by atoms with Gasteiger partial charge in [0.15, 0.2) is 0 Å². The van der Waals surface area contributed by atoms with Gasteiger partial charge in [-0.1, -0.05) is 17.3 Å². The smallest absolute Gasteiger partial charge is 0.326 e. The van der Waals surface area contributed by atoms with Crippen LogP contribution in [0.15, 0.2) is 28.8 Å². The molecule has 0 aliphatic carbocycles. The van der Waals surface area contributed by atoms with Crippen LogP contribution < -0.4 is 16.0 Å². The van der Waals surface area contributed by atoms with Gasteiger partial charge in [-0.3, -0.25) is 5.32 Å². The van der Waals surface area contributed by atoms with E-state index in [1.165, 1.54) is 0 Å². The van der Waals surface area contributed by atoms with Gasteiger partial charge in [0, 0.05) is 17.3 Å². The molecule has 0 aliphatic heterocycles. The van der Waals surface area contributed by atoms with E-state index in [1.807, 2.05) is 45.2 Å². The Labute approximate surface area is 123 Å². The largest absolute Gasteiger partial charge is 0.338 e. The van der Waals surface area contributed by atoms with Crippen LogP contribution >= 0.6 is 0 Å². The molecule has 1 aromatic heterocycles. The van der Waals surface area contributed by atoms with E-state index in [2.05, 4.69) is 28.0 Å². The molecule has 6 heteroatoms. The van der Waals surface area contributed by atoms with Gasteiger partial charge in [-0.15, -0.1) is 0 Å². The summed E-state index contributed by atoms with van der Waals surface area (Å²) in [5, 5.41) is 12.3. The molecule has 6 nitrogen and oxygen atoms in total. The van der Waals surface area contributed by atoms with Gasteiger partial charge in [-0.05, 0) is 45.5 Å². The number of nitrogens with zero attached hydrogens (tertiary/aromatic N) is 1. The van der Waals surface area contributed by atoms with E-state index >= 15 is 0 Å². The molecule has 1 atom stereocenters. The molecular formula is C15H20N4O2. The van der Waals surface area contributed by atoms with Crippen LogP contribution in [0.5, 0.6) is 0 Å². The molecule has 1 unspecified atom stereocenters. The van der Waals surface area contributed by atoms with Crippen molar-refractivity contribution >= 4 is 17.6 Å². The predicted octanol–water partition coefficient (Wildman–Crippen LogP) is 3.22. The quantitative estimate of drug-likeness (QED) is 0.807. The maximum absolute atomic E-state index is 11.9. The predicted molar refractivity (Wildman–Crippen MR) is 82.5 cm³/mol. The number of hydrogen-bond donors (Lipinski definition) is 3. The second kappa shape index (κ2) is 6.41. The third-order valence-corrected chi connectivity index (χ3v) is 3.49. The number of nitrogens with one attached hydrogen (secondary N) is 3. The first-order chi connectivity index (χ1) is 10.0. The molecule has 1 aromatic carbocycles. The highest BCUT2D eigenvalue weighted by atomic mass is 16.5. The van der Waals surface area contributed by atoms with Gasteiger partial charge in [-0.25, -0.2) is 4.79 Å².